The van der Waals surface area contributed by atoms with Crippen LogP contribution < -0.4 is 4.72 Å². The van der Waals surface area contributed by atoms with Crippen molar-refractivity contribution in [3.8, 4) is 0 Å². The van der Waals surface area contributed by atoms with E-state index in [-0.39, 0.29) is 17.2 Å². The highest BCUT2D eigenvalue weighted by atomic mass is 32.2. The van der Waals surface area contributed by atoms with Gasteiger partial charge in [0.25, 0.3) is 5.91 Å². The van der Waals surface area contributed by atoms with Crippen molar-refractivity contribution in [1.82, 2.24) is 4.72 Å². The number of carbonyl (C=O) groups is 1. The Balaban J connectivity index is 3.02. The normalized spacial score (nSPS) is 37.8. The molecule has 0 fully saturated rings. The van der Waals surface area contributed by atoms with Gasteiger partial charge in [-0.05, 0) is 20.8 Å². The van der Waals surface area contributed by atoms with Gasteiger partial charge in [-0.3, -0.25) is 4.79 Å². The van der Waals surface area contributed by atoms with Crippen molar-refractivity contribution in [2.45, 2.75) is 32.1 Å². The van der Waals surface area contributed by atoms with Crippen LogP contribution in [0.3, 0.4) is 0 Å². The van der Waals surface area contributed by atoms with Crippen LogP contribution >= 0.6 is 0 Å². The van der Waals surface area contributed by atoms with Crippen LogP contribution in [0.25, 0.3) is 0 Å². The zero-order valence-electron chi connectivity index (χ0n) is 6.83. The van der Waals surface area contributed by atoms with Gasteiger partial charge in [-0.2, -0.15) is 0 Å². The van der Waals surface area contributed by atoms with E-state index in [4.69, 9.17) is 0 Å². The lowest BCUT2D eigenvalue weighted by Crippen LogP contribution is -2.33. The number of nitrogens with zero attached hydrogens (tertiary/aromatic N) is 1. The molecule has 1 amide bonds. The van der Waals surface area contributed by atoms with Crippen LogP contribution in [0, 0.1) is 0 Å². The highest BCUT2D eigenvalue weighted by molar-refractivity contribution is 7.93. The lowest BCUT2D eigenvalue weighted by Gasteiger charge is -2.08. The minimum atomic E-state index is -2.44. The summed E-state index contributed by atoms with van der Waals surface area (Å²) in [6.07, 6.45) is 0. The van der Waals surface area contributed by atoms with E-state index in [0.29, 0.717) is 0 Å². The van der Waals surface area contributed by atoms with Gasteiger partial charge in [-0.1, -0.05) is 0 Å². The largest absolute Gasteiger partial charge is 0.272 e. The number of rotatable bonds is 1. The van der Waals surface area contributed by atoms with Gasteiger partial charge in [0, 0.05) is 0 Å². The second-order valence-corrected chi connectivity index (χ2v) is 5.38. The maximum atomic E-state index is 11.6. The van der Waals surface area contributed by atoms with Gasteiger partial charge >= 0.3 is 0 Å². The molecule has 1 N–H and O–H groups in total. The molecular weight excluding hydrogens is 164 g/mol. The standard InChI is InChI=1S/C6H12N2O2S/c1-4(2)11(10)7-5(3)6(9)8-11/h4-5H,1-3H3,(H,7,8,9,10). The van der Waals surface area contributed by atoms with Crippen molar-refractivity contribution in [1.29, 1.82) is 0 Å². The summed E-state index contributed by atoms with van der Waals surface area (Å²) in [6.45, 7) is 5.23. The zero-order valence-corrected chi connectivity index (χ0v) is 7.64. The van der Waals surface area contributed by atoms with Gasteiger partial charge in [0.15, 0.2) is 0 Å². The molecule has 0 aromatic heterocycles. The molecule has 5 heteroatoms. The van der Waals surface area contributed by atoms with Gasteiger partial charge in [0.1, 0.15) is 9.92 Å². The first-order valence-electron chi connectivity index (χ1n) is 3.53. The van der Waals surface area contributed by atoms with E-state index in [0.717, 1.165) is 0 Å². The molecule has 0 aromatic carbocycles. The second kappa shape index (κ2) is 2.57. The third-order valence-electron chi connectivity index (χ3n) is 1.58. The minimum Gasteiger partial charge on any atom is -0.270 e. The molecule has 0 saturated heterocycles. The summed E-state index contributed by atoms with van der Waals surface area (Å²) in [5.74, 6) is -0.302. The van der Waals surface area contributed by atoms with Gasteiger partial charge in [0.05, 0.1) is 11.3 Å². The number of hydrogen-bond donors (Lipinski definition) is 1. The minimum absolute atomic E-state index is 0.114. The summed E-state index contributed by atoms with van der Waals surface area (Å²) in [7, 11) is -2.44. The Hall–Kier alpha value is -0.420. The average Bonchev–Trinajstić information content (AvgIpc) is 2.09. The molecule has 1 aliphatic heterocycles. The zero-order chi connectivity index (χ0) is 8.65. The predicted octanol–water partition coefficient (Wildman–Crippen LogP) is 0.296. The van der Waals surface area contributed by atoms with Crippen molar-refractivity contribution in [3.63, 3.8) is 0 Å². The summed E-state index contributed by atoms with van der Waals surface area (Å²) in [5, 5.41) is -0.114. The predicted molar refractivity (Wildman–Crippen MR) is 43.3 cm³/mol. The molecule has 4 nitrogen and oxygen atoms in total. The van der Waals surface area contributed by atoms with Crippen LogP contribution in [0.2, 0.25) is 0 Å². The molecule has 11 heavy (non-hydrogen) atoms. The van der Waals surface area contributed by atoms with Crippen LogP contribution in [0.15, 0.2) is 4.36 Å². The van der Waals surface area contributed by atoms with Crippen LogP contribution in [0.1, 0.15) is 20.8 Å². The van der Waals surface area contributed by atoms with Crippen molar-refractivity contribution < 1.29 is 9.00 Å². The SMILES string of the molecule is CC1NS(=O)(C(C)C)=NC1=O. The molecule has 0 bridgehead atoms. The van der Waals surface area contributed by atoms with Crippen molar-refractivity contribution in [3.05, 3.63) is 0 Å². The second-order valence-electron chi connectivity index (χ2n) is 2.89. The highest BCUT2D eigenvalue weighted by Gasteiger charge is 2.29. The van der Waals surface area contributed by atoms with Gasteiger partial charge in [-0.25, -0.2) is 8.93 Å². The Morgan fingerprint density at radius 1 is 1.64 bits per heavy atom. The van der Waals surface area contributed by atoms with E-state index < -0.39 is 9.92 Å². The lowest BCUT2D eigenvalue weighted by atomic mass is 10.4. The van der Waals surface area contributed by atoms with E-state index in [1.54, 1.807) is 20.8 Å². The van der Waals surface area contributed by atoms with E-state index >= 15 is 0 Å². The molecule has 0 aromatic rings. The summed E-state index contributed by atoms with van der Waals surface area (Å²) in [5.41, 5.74) is 0. The molecule has 1 heterocycles. The smallest absolute Gasteiger partial charge is 0.270 e. The molecular formula is C6H12N2O2S. The third-order valence-corrected chi connectivity index (χ3v) is 4.00. The fourth-order valence-electron chi connectivity index (χ4n) is 0.784. The topological polar surface area (TPSA) is 58.5 Å². The summed E-state index contributed by atoms with van der Waals surface area (Å²) < 4.78 is 17.9. The van der Waals surface area contributed by atoms with Crippen molar-refractivity contribution in [2.75, 3.05) is 0 Å². The average molecular weight is 176 g/mol. The van der Waals surface area contributed by atoms with Crippen molar-refractivity contribution >= 4 is 15.8 Å². The van der Waals surface area contributed by atoms with Crippen molar-refractivity contribution in [2.24, 2.45) is 4.36 Å². The maximum Gasteiger partial charge on any atom is 0.272 e. The molecule has 2 unspecified atom stereocenters. The molecule has 1 aliphatic rings. The Bertz CT molecular complexity index is 289. The molecule has 1 rings (SSSR count). The number of carbonyl (C=O) groups excluding carboxylic acids is 1. The van der Waals surface area contributed by atoms with Gasteiger partial charge < -0.3 is 0 Å². The molecule has 0 saturated carbocycles. The molecule has 0 spiro atoms. The quantitative estimate of drug-likeness (QED) is 0.624. The van der Waals surface area contributed by atoms with E-state index in [1.165, 1.54) is 0 Å². The van der Waals surface area contributed by atoms with E-state index in [2.05, 4.69) is 9.08 Å². The van der Waals surface area contributed by atoms with E-state index in [1.807, 2.05) is 0 Å². The maximum absolute atomic E-state index is 11.6. The molecule has 2 atom stereocenters. The Morgan fingerprint density at radius 2 is 2.18 bits per heavy atom. The first-order chi connectivity index (χ1) is 4.96. The fraction of sp³-hybridized carbons (Fsp3) is 0.833. The Kier molecular flexibility index (Phi) is 2.02. The fourth-order valence-corrected chi connectivity index (χ4v) is 2.35. The summed E-state index contributed by atoms with van der Waals surface area (Å²) in [6, 6.07) is -0.384. The monoisotopic (exact) mass is 176 g/mol. The summed E-state index contributed by atoms with van der Waals surface area (Å²) >= 11 is 0. The number of amides is 1. The van der Waals surface area contributed by atoms with E-state index in [9.17, 15) is 9.00 Å². The highest BCUT2D eigenvalue weighted by Crippen LogP contribution is 2.10. The summed E-state index contributed by atoms with van der Waals surface area (Å²) in [4.78, 5) is 10.9. The van der Waals surface area contributed by atoms with Crippen LogP contribution in [0.5, 0.6) is 0 Å². The first kappa shape index (κ1) is 8.67. The molecule has 0 aliphatic carbocycles. The lowest BCUT2D eigenvalue weighted by molar-refractivity contribution is -0.118. The van der Waals surface area contributed by atoms with Gasteiger partial charge in [0.2, 0.25) is 0 Å². The Labute approximate surface area is 66.7 Å². The van der Waals surface area contributed by atoms with Gasteiger partial charge in [-0.15, -0.1) is 4.36 Å². The number of hydrogen-bond acceptors (Lipinski definition) is 2. The third kappa shape index (κ3) is 1.44. The first-order valence-corrected chi connectivity index (χ1v) is 5.10. The Morgan fingerprint density at radius 3 is 2.36 bits per heavy atom. The van der Waals surface area contributed by atoms with Crippen LogP contribution in [-0.4, -0.2) is 21.4 Å². The van der Waals surface area contributed by atoms with Crippen LogP contribution in [-0.2, 0) is 14.7 Å². The van der Waals surface area contributed by atoms with Crippen LogP contribution in [0.4, 0.5) is 0 Å². The molecule has 0 radical (unpaired) electrons. The molecule has 64 valence electrons. The number of nitrogens with one attached hydrogen (secondary N) is 1.